The summed E-state index contributed by atoms with van der Waals surface area (Å²) < 4.78 is 33.9. The molecule has 0 unspecified atom stereocenters. The number of ether oxygens (including phenoxy) is 1. The zero-order valence-corrected chi connectivity index (χ0v) is 15.7. The smallest absolute Gasteiger partial charge is 0.272 e. The molecule has 7 nitrogen and oxygen atoms in total. The van der Waals surface area contributed by atoms with Gasteiger partial charge in [-0.2, -0.15) is 0 Å². The zero-order valence-electron chi connectivity index (χ0n) is 15.7. The molecular formula is C20H19F2N3O4. The third kappa shape index (κ3) is 3.53. The van der Waals surface area contributed by atoms with Crippen LogP contribution in [0.25, 0.3) is 0 Å². The van der Waals surface area contributed by atoms with E-state index < -0.39 is 29.2 Å². The molecule has 29 heavy (non-hydrogen) atoms. The molecular weight excluding hydrogens is 384 g/mol. The molecule has 1 saturated heterocycles. The van der Waals surface area contributed by atoms with Crippen molar-refractivity contribution >= 4 is 11.8 Å². The molecule has 1 fully saturated rings. The summed E-state index contributed by atoms with van der Waals surface area (Å²) in [6.45, 7) is 2.56. The number of rotatable bonds is 3. The molecule has 1 N–H and O–H groups in total. The van der Waals surface area contributed by atoms with E-state index in [1.54, 1.807) is 4.90 Å². The highest BCUT2D eigenvalue weighted by atomic mass is 19.1. The van der Waals surface area contributed by atoms with Crippen LogP contribution in [0, 0.1) is 11.6 Å². The monoisotopic (exact) mass is 403 g/mol. The lowest BCUT2D eigenvalue weighted by atomic mass is 10.1. The van der Waals surface area contributed by atoms with Gasteiger partial charge in [-0.3, -0.25) is 14.4 Å². The lowest BCUT2D eigenvalue weighted by Crippen LogP contribution is -2.57. The predicted octanol–water partition coefficient (Wildman–Crippen LogP) is 1.65. The molecule has 0 radical (unpaired) electrons. The Labute approximate surface area is 164 Å². The van der Waals surface area contributed by atoms with E-state index in [2.05, 4.69) is 5.32 Å². The van der Waals surface area contributed by atoms with Gasteiger partial charge in [-0.15, -0.1) is 0 Å². The van der Waals surface area contributed by atoms with Gasteiger partial charge in [0, 0.05) is 36.5 Å². The third-order valence-corrected chi connectivity index (χ3v) is 5.26. The van der Waals surface area contributed by atoms with Crippen LogP contribution in [0.15, 0.2) is 35.3 Å². The van der Waals surface area contributed by atoms with Crippen molar-refractivity contribution in [3.63, 3.8) is 0 Å². The standard InChI is InChI=1S/C20H19F2N3O4/c1-11-4-5-29-18-10-24-9-14(17(26)7-16(24)20(28)25(11)18)19(27)23-8-12-2-3-13(21)6-15(12)22/h2-3,6-7,9,11,18H,4-5,8,10H2,1H3,(H,23,27)/t11-,18+/m1/s1. The van der Waals surface area contributed by atoms with Crippen molar-refractivity contribution in [1.29, 1.82) is 0 Å². The van der Waals surface area contributed by atoms with E-state index in [0.717, 1.165) is 18.2 Å². The van der Waals surface area contributed by atoms with Gasteiger partial charge in [0.05, 0.1) is 13.2 Å². The molecule has 0 bridgehead atoms. The van der Waals surface area contributed by atoms with Gasteiger partial charge in [0.15, 0.2) is 11.7 Å². The molecule has 1 aromatic carbocycles. The second-order valence-corrected chi connectivity index (χ2v) is 7.18. The SMILES string of the molecule is C[C@@H]1CCO[C@H]2Cn3cc(C(=O)NCc4ccc(F)cc4F)c(=O)cc3C(=O)N12. The summed E-state index contributed by atoms with van der Waals surface area (Å²) in [5.74, 6) is -2.53. The van der Waals surface area contributed by atoms with Crippen molar-refractivity contribution in [1.82, 2.24) is 14.8 Å². The molecule has 0 saturated carbocycles. The van der Waals surface area contributed by atoms with Crippen molar-refractivity contribution in [2.24, 2.45) is 0 Å². The summed E-state index contributed by atoms with van der Waals surface area (Å²) >= 11 is 0. The zero-order chi connectivity index (χ0) is 20.7. The maximum atomic E-state index is 13.7. The van der Waals surface area contributed by atoms with Gasteiger partial charge >= 0.3 is 0 Å². The fourth-order valence-corrected chi connectivity index (χ4v) is 3.67. The van der Waals surface area contributed by atoms with Gasteiger partial charge in [-0.05, 0) is 19.4 Å². The third-order valence-electron chi connectivity index (χ3n) is 5.26. The van der Waals surface area contributed by atoms with Gasteiger partial charge in [0.1, 0.15) is 22.9 Å². The Bertz CT molecular complexity index is 1050. The highest BCUT2D eigenvalue weighted by molar-refractivity contribution is 5.97. The van der Waals surface area contributed by atoms with Crippen molar-refractivity contribution in [3.05, 3.63) is 69.1 Å². The van der Waals surface area contributed by atoms with Crippen LogP contribution >= 0.6 is 0 Å². The second-order valence-electron chi connectivity index (χ2n) is 7.18. The largest absolute Gasteiger partial charge is 0.356 e. The van der Waals surface area contributed by atoms with Crippen molar-refractivity contribution < 1.29 is 23.1 Å². The Morgan fingerprint density at radius 2 is 2.07 bits per heavy atom. The number of pyridine rings is 1. The number of benzene rings is 1. The molecule has 2 atom stereocenters. The lowest BCUT2D eigenvalue weighted by Gasteiger charge is -2.44. The summed E-state index contributed by atoms with van der Waals surface area (Å²) in [5, 5.41) is 2.46. The molecule has 2 aliphatic rings. The first kappa shape index (κ1) is 19.3. The first-order valence-electron chi connectivity index (χ1n) is 9.26. The Balaban J connectivity index is 1.57. The molecule has 1 aromatic heterocycles. The average Bonchev–Trinajstić information content (AvgIpc) is 2.67. The topological polar surface area (TPSA) is 80.6 Å². The number of nitrogens with zero attached hydrogens (tertiary/aromatic N) is 2. The molecule has 4 rings (SSSR count). The van der Waals surface area contributed by atoms with Crippen molar-refractivity contribution in [2.75, 3.05) is 6.61 Å². The maximum absolute atomic E-state index is 13.7. The number of nitrogens with one attached hydrogen (secondary N) is 1. The highest BCUT2D eigenvalue weighted by Crippen LogP contribution is 2.25. The maximum Gasteiger partial charge on any atom is 0.272 e. The van der Waals surface area contributed by atoms with Crippen LogP contribution < -0.4 is 10.7 Å². The van der Waals surface area contributed by atoms with Crippen molar-refractivity contribution in [2.45, 2.75) is 38.7 Å². The fourth-order valence-electron chi connectivity index (χ4n) is 3.67. The molecule has 0 aliphatic carbocycles. The molecule has 9 heteroatoms. The molecule has 2 aromatic rings. The molecule has 2 amide bonds. The quantitative estimate of drug-likeness (QED) is 0.845. The van der Waals surface area contributed by atoms with Gasteiger partial charge in [0.25, 0.3) is 11.8 Å². The number of carbonyl (C=O) groups is 2. The average molecular weight is 403 g/mol. The van der Waals surface area contributed by atoms with E-state index in [0.29, 0.717) is 19.6 Å². The Kier molecular flexibility index (Phi) is 4.91. The number of halogens is 2. The van der Waals surface area contributed by atoms with E-state index in [4.69, 9.17) is 4.74 Å². The van der Waals surface area contributed by atoms with E-state index in [9.17, 15) is 23.2 Å². The van der Waals surface area contributed by atoms with Crippen LogP contribution in [-0.2, 0) is 17.8 Å². The number of hydrogen-bond donors (Lipinski definition) is 1. The molecule has 152 valence electrons. The molecule has 0 spiro atoms. The summed E-state index contributed by atoms with van der Waals surface area (Å²) in [7, 11) is 0. The van der Waals surface area contributed by atoms with E-state index in [1.165, 1.54) is 16.8 Å². The Hall–Kier alpha value is -3.07. The Morgan fingerprint density at radius 3 is 2.83 bits per heavy atom. The van der Waals surface area contributed by atoms with Crippen LogP contribution in [0.3, 0.4) is 0 Å². The number of aromatic nitrogens is 1. The van der Waals surface area contributed by atoms with E-state index in [-0.39, 0.29) is 35.3 Å². The van der Waals surface area contributed by atoms with Gasteiger partial charge < -0.3 is 19.5 Å². The van der Waals surface area contributed by atoms with Gasteiger partial charge in [-0.1, -0.05) is 6.07 Å². The van der Waals surface area contributed by atoms with Crippen LogP contribution in [0.5, 0.6) is 0 Å². The van der Waals surface area contributed by atoms with Crippen LogP contribution in [0.1, 0.15) is 39.8 Å². The number of amides is 2. The minimum Gasteiger partial charge on any atom is -0.356 e. The number of hydrogen-bond acceptors (Lipinski definition) is 4. The van der Waals surface area contributed by atoms with Crippen LogP contribution in [0.2, 0.25) is 0 Å². The number of carbonyl (C=O) groups excluding carboxylic acids is 2. The summed E-state index contributed by atoms with van der Waals surface area (Å²) in [6.07, 6.45) is 1.59. The van der Waals surface area contributed by atoms with E-state index in [1.807, 2.05) is 6.92 Å². The fraction of sp³-hybridized carbons (Fsp3) is 0.350. The predicted molar refractivity (Wildman–Crippen MR) is 98.2 cm³/mol. The minimum atomic E-state index is -0.790. The molecule has 2 aliphatic heterocycles. The summed E-state index contributed by atoms with van der Waals surface area (Å²) in [5.41, 5.74) is -0.481. The van der Waals surface area contributed by atoms with Crippen LogP contribution in [0.4, 0.5) is 8.78 Å². The van der Waals surface area contributed by atoms with E-state index >= 15 is 0 Å². The first-order valence-corrected chi connectivity index (χ1v) is 9.26. The van der Waals surface area contributed by atoms with Gasteiger partial charge in [0.2, 0.25) is 0 Å². The Morgan fingerprint density at radius 1 is 1.28 bits per heavy atom. The lowest BCUT2D eigenvalue weighted by molar-refractivity contribution is -0.112. The minimum absolute atomic E-state index is 0.00122. The van der Waals surface area contributed by atoms with Crippen LogP contribution in [-0.4, -0.2) is 40.2 Å². The second kappa shape index (κ2) is 7.40. The number of fused-ring (bicyclic) bond motifs is 2. The normalized spacial score (nSPS) is 20.8. The summed E-state index contributed by atoms with van der Waals surface area (Å²) in [6, 6.07) is 4.17. The van der Waals surface area contributed by atoms with Crippen molar-refractivity contribution in [3.8, 4) is 0 Å². The first-order chi connectivity index (χ1) is 13.8. The molecule has 3 heterocycles. The highest BCUT2D eigenvalue weighted by Gasteiger charge is 2.38. The summed E-state index contributed by atoms with van der Waals surface area (Å²) in [4.78, 5) is 39.3. The van der Waals surface area contributed by atoms with Gasteiger partial charge in [-0.25, -0.2) is 8.78 Å².